The van der Waals surface area contributed by atoms with Gasteiger partial charge in [-0.25, -0.2) is 0 Å². The van der Waals surface area contributed by atoms with Crippen LogP contribution in [0, 0.1) is 62.6 Å². The zero-order chi connectivity index (χ0) is 32.0. The maximum Gasteiger partial charge on any atom is 0.307 e. The normalized spacial score (nSPS) is 48.0. The van der Waals surface area contributed by atoms with Crippen LogP contribution in [0.3, 0.4) is 0 Å². The molecule has 5 rings (SSSR count). The fraction of sp³-hybridized carbons (Fsp3) is 0.919. The maximum atomic E-state index is 13.3. The molecule has 246 valence electrons. The summed E-state index contributed by atoms with van der Waals surface area (Å²) in [6.45, 7) is 24.5. The lowest BCUT2D eigenvalue weighted by Crippen LogP contribution is -2.70. The zero-order valence-corrected chi connectivity index (χ0v) is 29.2. The van der Waals surface area contributed by atoms with Crippen molar-refractivity contribution in [3.8, 4) is 0 Å². The minimum absolute atomic E-state index is 0.0396. The second-order valence-corrected chi connectivity index (χ2v) is 17.7. The van der Waals surface area contributed by atoms with E-state index in [1.807, 2.05) is 7.11 Å². The van der Waals surface area contributed by atoms with E-state index in [0.717, 1.165) is 45.1 Å². The largest absolute Gasteiger partial charge is 0.481 e. The molecule has 0 amide bonds. The molecule has 0 spiro atoms. The van der Waals surface area contributed by atoms with Crippen LogP contribution in [-0.4, -0.2) is 55.8 Å². The van der Waals surface area contributed by atoms with Crippen LogP contribution in [0.5, 0.6) is 0 Å². The van der Waals surface area contributed by atoms with Gasteiger partial charge in [-0.05, 0) is 91.3 Å². The van der Waals surface area contributed by atoms with Crippen LogP contribution in [0.2, 0.25) is 0 Å². The summed E-state index contributed by atoms with van der Waals surface area (Å²) < 4.78 is 19.7. The summed E-state index contributed by atoms with van der Waals surface area (Å²) >= 11 is 0. The number of rotatable bonds is 8. The molecule has 4 aliphatic carbocycles. The van der Waals surface area contributed by atoms with Crippen LogP contribution in [-0.2, 0) is 19.0 Å². The highest BCUT2D eigenvalue weighted by Crippen LogP contribution is 2.75. The molecule has 1 unspecified atom stereocenters. The Bertz CT molecular complexity index is 1120. The Morgan fingerprint density at radius 1 is 1.09 bits per heavy atom. The topological polar surface area (TPSA) is 91.0 Å². The number of carbonyl (C=O) groups is 1. The van der Waals surface area contributed by atoms with Crippen molar-refractivity contribution >= 4 is 5.97 Å². The Hall–Kier alpha value is -0.950. The van der Waals surface area contributed by atoms with Crippen LogP contribution in [0.15, 0.2) is 11.6 Å². The lowest BCUT2D eigenvalue weighted by Gasteiger charge is -2.71. The quantitative estimate of drug-likeness (QED) is 0.283. The molecule has 2 bridgehead atoms. The first-order valence-corrected chi connectivity index (χ1v) is 17.3. The number of fused-ring (bicyclic) bond motifs is 3. The monoisotopic (exact) mass is 601 g/mol. The van der Waals surface area contributed by atoms with Crippen molar-refractivity contribution < 1.29 is 24.1 Å². The minimum atomic E-state index is -0.605. The van der Waals surface area contributed by atoms with Gasteiger partial charge in [-0.3, -0.25) is 4.79 Å². The molecule has 4 fully saturated rings. The van der Waals surface area contributed by atoms with E-state index in [-0.39, 0.29) is 45.2 Å². The molecule has 0 aromatic carbocycles. The Morgan fingerprint density at radius 2 is 1.77 bits per heavy atom. The molecule has 5 aliphatic rings. The summed E-state index contributed by atoms with van der Waals surface area (Å²) in [4.78, 5) is 13.3. The van der Waals surface area contributed by atoms with E-state index in [1.165, 1.54) is 0 Å². The number of hydrogen-bond donors (Lipinski definition) is 2. The third kappa shape index (κ3) is 4.57. The van der Waals surface area contributed by atoms with Crippen LogP contribution in [0.25, 0.3) is 0 Å². The number of nitrogens with two attached hydrogens (primary N) is 1. The lowest BCUT2D eigenvalue weighted by molar-refractivity contribution is -0.269. The second kappa shape index (κ2) is 10.8. The summed E-state index contributed by atoms with van der Waals surface area (Å²) in [5.41, 5.74) is 6.91. The third-order valence-corrected chi connectivity index (χ3v) is 15.3. The average Bonchev–Trinajstić information content (AvgIpc) is 2.91. The van der Waals surface area contributed by atoms with Gasteiger partial charge < -0.3 is 25.1 Å². The predicted molar refractivity (Wildman–Crippen MR) is 172 cm³/mol. The van der Waals surface area contributed by atoms with Crippen LogP contribution >= 0.6 is 0 Å². The molecule has 6 heteroatoms. The summed E-state index contributed by atoms with van der Waals surface area (Å²) in [5.74, 6) is 0.907. The SMILES string of the molecule is CO[C@@H]1C[C@@]23COC[C@](C)([C@@H]2CC[C@H]2C3=CC[C@@]3(C)[C@H](C(=O)O)[C@@](C)([C@H](C)C(C)C)CC[C@]23C)[C@H]1OCC(C)(N)C(C)C. The summed E-state index contributed by atoms with van der Waals surface area (Å²) in [6.07, 6.45) is 8.36. The van der Waals surface area contributed by atoms with Crippen LogP contribution in [0.4, 0.5) is 0 Å². The first-order chi connectivity index (χ1) is 19.9. The van der Waals surface area contributed by atoms with Gasteiger partial charge in [0.05, 0.1) is 37.9 Å². The van der Waals surface area contributed by atoms with Crippen LogP contribution in [0.1, 0.15) is 108 Å². The fourth-order valence-corrected chi connectivity index (χ4v) is 11.5. The van der Waals surface area contributed by atoms with Gasteiger partial charge in [0.25, 0.3) is 0 Å². The first kappa shape index (κ1) is 33.4. The Labute approximate surface area is 262 Å². The van der Waals surface area contributed by atoms with Crippen molar-refractivity contribution in [3.05, 3.63) is 11.6 Å². The number of hydrogen-bond acceptors (Lipinski definition) is 5. The van der Waals surface area contributed by atoms with Crippen molar-refractivity contribution in [3.63, 3.8) is 0 Å². The number of ether oxygens (including phenoxy) is 3. The van der Waals surface area contributed by atoms with E-state index in [0.29, 0.717) is 42.8 Å². The molecule has 1 saturated heterocycles. The second-order valence-electron chi connectivity index (χ2n) is 17.7. The number of allylic oxidation sites excluding steroid dienone is 1. The molecule has 43 heavy (non-hydrogen) atoms. The highest BCUT2D eigenvalue weighted by Gasteiger charge is 2.71. The smallest absolute Gasteiger partial charge is 0.307 e. The van der Waals surface area contributed by atoms with Gasteiger partial charge in [0, 0.05) is 23.5 Å². The third-order valence-electron chi connectivity index (χ3n) is 15.3. The molecule has 0 aromatic rings. The molecular formula is C37H63NO5. The fourth-order valence-electron chi connectivity index (χ4n) is 11.5. The molecule has 1 aliphatic heterocycles. The van der Waals surface area contributed by atoms with Crippen molar-refractivity contribution in [2.75, 3.05) is 26.9 Å². The van der Waals surface area contributed by atoms with Crippen LogP contribution < -0.4 is 5.73 Å². The summed E-state index contributed by atoms with van der Waals surface area (Å²) in [7, 11) is 1.84. The number of carboxylic acid groups (broad SMARTS) is 1. The van der Waals surface area contributed by atoms with Gasteiger partial charge in [-0.15, -0.1) is 0 Å². The summed E-state index contributed by atoms with van der Waals surface area (Å²) in [6, 6.07) is 0. The first-order valence-electron chi connectivity index (χ1n) is 17.3. The van der Waals surface area contributed by atoms with E-state index in [1.54, 1.807) is 5.57 Å². The van der Waals surface area contributed by atoms with Crippen molar-refractivity contribution in [1.82, 2.24) is 0 Å². The van der Waals surface area contributed by atoms with Gasteiger partial charge in [-0.2, -0.15) is 0 Å². The Morgan fingerprint density at radius 3 is 2.35 bits per heavy atom. The molecule has 0 aromatic heterocycles. The zero-order valence-electron chi connectivity index (χ0n) is 29.2. The number of carboxylic acids is 1. The standard InChI is InChI=1S/C37H63NO5/c1-22(2)24(5)32(6)16-17-34(8)25-12-13-28-33(7)19-42-21-37(28,26(25)14-15-35(34,9)29(32)31(39)40)18-27(41-11)30(33)43-20-36(10,38)23(3)4/h14,22-25,27-30H,12-13,15-21,38H2,1-11H3,(H,39,40)/t24-,25+,27-,28+,29-,30+,32-,33-,34-,35+,36?,37+/m1/s1. The van der Waals surface area contributed by atoms with E-state index < -0.39 is 11.5 Å². The number of methoxy groups -OCH3 is 1. The molecule has 3 N–H and O–H groups in total. The van der Waals surface area contributed by atoms with Crippen molar-refractivity contribution in [2.45, 2.75) is 126 Å². The highest BCUT2D eigenvalue weighted by atomic mass is 16.5. The molecule has 0 radical (unpaired) electrons. The molecule has 6 nitrogen and oxygen atoms in total. The van der Waals surface area contributed by atoms with E-state index in [4.69, 9.17) is 19.9 Å². The van der Waals surface area contributed by atoms with Gasteiger partial charge in [0.1, 0.15) is 0 Å². The Balaban J connectivity index is 1.55. The highest BCUT2D eigenvalue weighted by molar-refractivity contribution is 5.73. The molecule has 12 atom stereocenters. The van der Waals surface area contributed by atoms with Gasteiger partial charge in [0.15, 0.2) is 0 Å². The molecular weight excluding hydrogens is 538 g/mol. The van der Waals surface area contributed by atoms with E-state index >= 15 is 0 Å². The molecule has 1 heterocycles. The van der Waals surface area contributed by atoms with Gasteiger partial charge >= 0.3 is 5.97 Å². The lowest BCUT2D eigenvalue weighted by atomic mass is 9.34. The van der Waals surface area contributed by atoms with E-state index in [2.05, 4.69) is 75.3 Å². The van der Waals surface area contributed by atoms with Gasteiger partial charge in [-0.1, -0.05) is 74.0 Å². The predicted octanol–water partition coefficient (Wildman–Crippen LogP) is 7.35. The minimum Gasteiger partial charge on any atom is -0.481 e. The summed E-state index contributed by atoms with van der Waals surface area (Å²) in [5, 5.41) is 10.9. The average molecular weight is 602 g/mol. The number of aliphatic carboxylic acids is 1. The Kier molecular flexibility index (Phi) is 8.40. The maximum absolute atomic E-state index is 13.3. The van der Waals surface area contributed by atoms with Gasteiger partial charge in [0.2, 0.25) is 0 Å². The van der Waals surface area contributed by atoms with Crippen molar-refractivity contribution in [1.29, 1.82) is 0 Å². The molecule has 3 saturated carbocycles. The van der Waals surface area contributed by atoms with E-state index in [9.17, 15) is 9.90 Å². The van der Waals surface area contributed by atoms with Crippen molar-refractivity contribution in [2.24, 2.45) is 68.3 Å².